The van der Waals surface area contributed by atoms with Crippen LogP contribution < -0.4 is 5.32 Å². The quantitative estimate of drug-likeness (QED) is 0.854. The molecule has 0 spiro atoms. The molecule has 19 heavy (non-hydrogen) atoms. The number of nitrogens with one attached hydrogen (secondary N) is 1. The highest BCUT2D eigenvalue weighted by molar-refractivity contribution is 4.97. The Morgan fingerprint density at radius 3 is 2.74 bits per heavy atom. The minimum absolute atomic E-state index is 0.576. The summed E-state index contributed by atoms with van der Waals surface area (Å²) in [4.78, 5) is 4.11. The van der Waals surface area contributed by atoms with E-state index in [2.05, 4.69) is 39.5 Å². The Hall–Kier alpha value is -1.01. The molecule has 0 radical (unpaired) electrons. The van der Waals surface area contributed by atoms with Crippen molar-refractivity contribution in [1.29, 1.82) is 0 Å². The fourth-order valence-electron chi connectivity index (χ4n) is 3.00. The second-order valence-corrected chi connectivity index (χ2v) is 6.29. The van der Waals surface area contributed by atoms with Crippen molar-refractivity contribution in [2.75, 3.05) is 13.1 Å². The van der Waals surface area contributed by atoms with Crippen molar-refractivity contribution >= 4 is 0 Å². The van der Waals surface area contributed by atoms with Gasteiger partial charge in [0.15, 0.2) is 5.82 Å². The molecule has 2 fully saturated rings. The van der Waals surface area contributed by atoms with Crippen molar-refractivity contribution in [3.63, 3.8) is 0 Å². The van der Waals surface area contributed by atoms with Crippen molar-refractivity contribution in [1.82, 2.24) is 30.4 Å². The molecule has 1 aliphatic carbocycles. The normalized spacial score (nSPS) is 29.1. The molecule has 1 aromatic heterocycles. The first kappa shape index (κ1) is 13.0. The summed E-state index contributed by atoms with van der Waals surface area (Å²) in [5, 5.41) is 16.1. The molecule has 0 amide bonds. The molecule has 1 N–H and O–H groups in total. The van der Waals surface area contributed by atoms with Crippen molar-refractivity contribution in [3.05, 3.63) is 5.82 Å². The number of aromatic nitrogens is 4. The standard InChI is InChI=1S/C13H24N6/c1-9(2)11-7-19(8-13-15-17-18(3)16-13)12(6-14-11)10-4-5-10/h9-12,14H,4-8H2,1-3H3. The van der Waals surface area contributed by atoms with Crippen LogP contribution in [-0.4, -0.2) is 50.3 Å². The predicted octanol–water partition coefficient (Wildman–Crippen LogP) is 0.419. The van der Waals surface area contributed by atoms with Crippen LogP contribution in [0.2, 0.25) is 0 Å². The fourth-order valence-corrected chi connectivity index (χ4v) is 3.00. The highest BCUT2D eigenvalue weighted by Crippen LogP contribution is 2.37. The van der Waals surface area contributed by atoms with Gasteiger partial charge in [0.2, 0.25) is 0 Å². The Kier molecular flexibility index (Phi) is 3.54. The van der Waals surface area contributed by atoms with Crippen LogP contribution >= 0.6 is 0 Å². The van der Waals surface area contributed by atoms with Crippen LogP contribution in [0.15, 0.2) is 0 Å². The summed E-state index contributed by atoms with van der Waals surface area (Å²) in [5.41, 5.74) is 0. The van der Waals surface area contributed by atoms with Gasteiger partial charge in [-0.05, 0) is 29.9 Å². The second kappa shape index (κ2) is 5.17. The van der Waals surface area contributed by atoms with E-state index in [0.29, 0.717) is 18.0 Å². The highest BCUT2D eigenvalue weighted by atomic mass is 15.6. The van der Waals surface area contributed by atoms with Gasteiger partial charge in [0.1, 0.15) is 0 Å². The van der Waals surface area contributed by atoms with E-state index in [1.165, 1.54) is 12.8 Å². The molecule has 0 aromatic carbocycles. The van der Waals surface area contributed by atoms with E-state index >= 15 is 0 Å². The van der Waals surface area contributed by atoms with Gasteiger partial charge < -0.3 is 5.32 Å². The lowest BCUT2D eigenvalue weighted by Gasteiger charge is -2.41. The molecule has 2 atom stereocenters. The molecule has 3 rings (SSSR count). The lowest BCUT2D eigenvalue weighted by atomic mass is 9.97. The molecular formula is C13H24N6. The van der Waals surface area contributed by atoms with E-state index in [9.17, 15) is 0 Å². The molecule has 1 saturated heterocycles. The second-order valence-electron chi connectivity index (χ2n) is 6.29. The third kappa shape index (κ3) is 2.95. The maximum atomic E-state index is 4.32. The Labute approximate surface area is 114 Å². The van der Waals surface area contributed by atoms with Gasteiger partial charge in [0.25, 0.3) is 0 Å². The summed E-state index contributed by atoms with van der Waals surface area (Å²) in [6.45, 7) is 7.60. The summed E-state index contributed by atoms with van der Waals surface area (Å²) in [5.74, 6) is 2.38. The van der Waals surface area contributed by atoms with E-state index in [0.717, 1.165) is 31.4 Å². The van der Waals surface area contributed by atoms with Gasteiger partial charge in [-0.3, -0.25) is 4.90 Å². The monoisotopic (exact) mass is 264 g/mol. The lowest BCUT2D eigenvalue weighted by Crippen LogP contribution is -2.58. The van der Waals surface area contributed by atoms with Crippen LogP contribution in [0.1, 0.15) is 32.5 Å². The highest BCUT2D eigenvalue weighted by Gasteiger charge is 2.39. The van der Waals surface area contributed by atoms with Gasteiger partial charge in [0.05, 0.1) is 13.6 Å². The summed E-state index contributed by atoms with van der Waals surface area (Å²) in [6.07, 6.45) is 2.76. The smallest absolute Gasteiger partial charge is 0.188 e. The number of hydrogen-bond acceptors (Lipinski definition) is 5. The van der Waals surface area contributed by atoms with E-state index in [1.807, 2.05) is 7.05 Å². The predicted molar refractivity (Wildman–Crippen MR) is 72.3 cm³/mol. The molecule has 2 heterocycles. The minimum Gasteiger partial charge on any atom is -0.311 e. The van der Waals surface area contributed by atoms with Crippen LogP contribution in [0, 0.1) is 11.8 Å². The molecule has 1 saturated carbocycles. The third-order valence-electron chi connectivity index (χ3n) is 4.35. The van der Waals surface area contributed by atoms with Crippen molar-refractivity contribution in [2.24, 2.45) is 18.9 Å². The molecule has 6 nitrogen and oxygen atoms in total. The number of rotatable bonds is 4. The Balaban J connectivity index is 1.69. The topological polar surface area (TPSA) is 58.9 Å². The first-order valence-electron chi connectivity index (χ1n) is 7.34. The van der Waals surface area contributed by atoms with Crippen LogP contribution in [0.25, 0.3) is 0 Å². The minimum atomic E-state index is 0.576. The van der Waals surface area contributed by atoms with Crippen molar-refractivity contribution < 1.29 is 0 Å². The van der Waals surface area contributed by atoms with E-state index < -0.39 is 0 Å². The van der Waals surface area contributed by atoms with Crippen LogP contribution in [0.3, 0.4) is 0 Å². The Morgan fingerprint density at radius 2 is 2.16 bits per heavy atom. The zero-order valence-electron chi connectivity index (χ0n) is 12.1. The van der Waals surface area contributed by atoms with E-state index in [-0.39, 0.29) is 0 Å². The number of hydrogen-bond donors (Lipinski definition) is 1. The van der Waals surface area contributed by atoms with Gasteiger partial charge >= 0.3 is 0 Å². The molecule has 1 aliphatic heterocycles. The number of tetrazole rings is 1. The van der Waals surface area contributed by atoms with Gasteiger partial charge in [-0.15, -0.1) is 10.2 Å². The van der Waals surface area contributed by atoms with E-state index in [4.69, 9.17) is 0 Å². The molecular weight excluding hydrogens is 240 g/mol. The summed E-state index contributed by atoms with van der Waals surface area (Å²) >= 11 is 0. The van der Waals surface area contributed by atoms with Crippen LogP contribution in [0.5, 0.6) is 0 Å². The first-order chi connectivity index (χ1) is 9.13. The molecule has 1 aromatic rings. The zero-order chi connectivity index (χ0) is 13.4. The number of piperazine rings is 1. The number of nitrogens with zero attached hydrogens (tertiary/aromatic N) is 5. The largest absolute Gasteiger partial charge is 0.311 e. The van der Waals surface area contributed by atoms with Crippen LogP contribution in [-0.2, 0) is 13.6 Å². The summed E-state index contributed by atoms with van der Waals surface area (Å²) < 4.78 is 0. The maximum Gasteiger partial charge on any atom is 0.188 e. The number of aryl methyl sites for hydroxylation is 1. The zero-order valence-corrected chi connectivity index (χ0v) is 12.1. The maximum absolute atomic E-state index is 4.32. The van der Waals surface area contributed by atoms with Gasteiger partial charge in [-0.1, -0.05) is 13.8 Å². The molecule has 0 bridgehead atoms. The average Bonchev–Trinajstić information content (AvgIpc) is 3.13. The third-order valence-corrected chi connectivity index (χ3v) is 4.35. The van der Waals surface area contributed by atoms with Crippen LogP contribution in [0.4, 0.5) is 0 Å². The molecule has 2 unspecified atom stereocenters. The van der Waals surface area contributed by atoms with Gasteiger partial charge in [-0.25, -0.2) is 0 Å². The summed E-state index contributed by atoms with van der Waals surface area (Å²) in [7, 11) is 1.82. The molecule has 6 heteroatoms. The summed E-state index contributed by atoms with van der Waals surface area (Å²) in [6, 6.07) is 1.23. The molecule has 106 valence electrons. The van der Waals surface area contributed by atoms with E-state index in [1.54, 1.807) is 4.80 Å². The lowest BCUT2D eigenvalue weighted by molar-refractivity contribution is 0.0900. The Morgan fingerprint density at radius 1 is 1.37 bits per heavy atom. The first-order valence-corrected chi connectivity index (χ1v) is 7.34. The van der Waals surface area contributed by atoms with Crippen molar-refractivity contribution in [3.8, 4) is 0 Å². The van der Waals surface area contributed by atoms with Gasteiger partial charge in [0, 0.05) is 25.2 Å². The fraction of sp³-hybridized carbons (Fsp3) is 0.923. The Bertz CT molecular complexity index is 425. The average molecular weight is 264 g/mol. The molecule has 2 aliphatic rings. The SMILES string of the molecule is CC(C)C1CN(Cc2nnn(C)n2)C(C2CC2)CN1. The van der Waals surface area contributed by atoms with Crippen molar-refractivity contribution in [2.45, 2.75) is 45.3 Å². The van der Waals surface area contributed by atoms with Gasteiger partial charge in [-0.2, -0.15) is 4.80 Å².